The van der Waals surface area contributed by atoms with Gasteiger partial charge in [-0.15, -0.1) is 0 Å². The van der Waals surface area contributed by atoms with Crippen LogP contribution in [0.25, 0.3) is 33.4 Å². The van der Waals surface area contributed by atoms with Crippen molar-refractivity contribution in [3.8, 4) is 33.4 Å². The highest BCUT2D eigenvalue weighted by atomic mass is 15.2. The van der Waals surface area contributed by atoms with Gasteiger partial charge in [-0.2, -0.15) is 0 Å². The van der Waals surface area contributed by atoms with Crippen molar-refractivity contribution in [3.63, 3.8) is 0 Å². The molecule has 302 valence electrons. The van der Waals surface area contributed by atoms with E-state index >= 15 is 0 Å². The van der Waals surface area contributed by atoms with Gasteiger partial charge < -0.3 is 9.80 Å². The van der Waals surface area contributed by atoms with Crippen molar-refractivity contribution in [1.29, 1.82) is 0 Å². The zero-order chi connectivity index (χ0) is 42.7. The van der Waals surface area contributed by atoms with Crippen molar-refractivity contribution >= 4 is 57.2 Å². The van der Waals surface area contributed by atoms with Crippen molar-refractivity contribution in [1.82, 2.24) is 0 Å². The van der Waals surface area contributed by atoms with Gasteiger partial charge in [-0.05, 0) is 131 Å². The minimum absolute atomic E-state index is 0.0166. The van der Waals surface area contributed by atoms with Crippen LogP contribution in [0, 0.1) is 0 Å². The van der Waals surface area contributed by atoms with E-state index in [1.54, 1.807) is 0 Å². The smallest absolute Gasteiger partial charge is 0.252 e. The predicted octanol–water partition coefficient (Wildman–Crippen LogP) is 14.0. The van der Waals surface area contributed by atoms with Crippen LogP contribution in [0.5, 0.6) is 0 Å². The van der Waals surface area contributed by atoms with Gasteiger partial charge in [-0.1, -0.05) is 183 Å². The van der Waals surface area contributed by atoms with E-state index < -0.39 is 0 Å². The zero-order valence-corrected chi connectivity index (χ0v) is 37.2. The van der Waals surface area contributed by atoms with Gasteiger partial charge in [-0.3, -0.25) is 0 Å². The van der Waals surface area contributed by atoms with Crippen molar-refractivity contribution in [3.05, 3.63) is 198 Å². The standard InChI is InChI=1S/C59H53BN2/c1-57(2,3)42-26-31-50-53(34-42)61(44-27-23-40(24-28-44)38-17-11-9-12-18-38)54-35-43(58(4,5)6)36-55-56(54)60(50)51-33-41(39-19-13-10-14-20-39)25-32-52(51)62(55)45-29-30-47-46-21-15-16-22-48(46)59(7,8)49(47)37-45/h9-37H,1-8H3. The molecule has 8 aromatic rings. The molecule has 0 N–H and O–H groups in total. The lowest BCUT2D eigenvalue weighted by molar-refractivity contribution is 0.590. The van der Waals surface area contributed by atoms with Crippen LogP contribution >= 0.6 is 0 Å². The quantitative estimate of drug-likeness (QED) is 0.164. The van der Waals surface area contributed by atoms with E-state index in [1.165, 1.54) is 100 Å². The van der Waals surface area contributed by atoms with Crippen LogP contribution in [0.1, 0.15) is 77.6 Å². The average Bonchev–Trinajstić information content (AvgIpc) is 3.51. The Morgan fingerprint density at radius 1 is 0.387 bits per heavy atom. The number of hydrogen-bond donors (Lipinski definition) is 0. The maximum Gasteiger partial charge on any atom is 0.252 e. The minimum Gasteiger partial charge on any atom is -0.311 e. The summed E-state index contributed by atoms with van der Waals surface area (Å²) < 4.78 is 0. The number of hydrogen-bond acceptors (Lipinski definition) is 2. The van der Waals surface area contributed by atoms with Gasteiger partial charge in [0.05, 0.1) is 0 Å². The molecule has 0 amide bonds. The topological polar surface area (TPSA) is 6.48 Å². The second kappa shape index (κ2) is 13.7. The Kier molecular flexibility index (Phi) is 8.48. The molecule has 0 atom stereocenters. The third-order valence-electron chi connectivity index (χ3n) is 14.0. The van der Waals surface area contributed by atoms with Gasteiger partial charge in [0, 0.05) is 39.5 Å². The number of anilines is 6. The summed E-state index contributed by atoms with van der Waals surface area (Å²) in [5.74, 6) is 0. The van der Waals surface area contributed by atoms with Crippen LogP contribution in [0.2, 0.25) is 0 Å². The highest BCUT2D eigenvalue weighted by Gasteiger charge is 2.45. The molecule has 0 radical (unpaired) electrons. The lowest BCUT2D eigenvalue weighted by atomic mass is 9.33. The van der Waals surface area contributed by atoms with Gasteiger partial charge >= 0.3 is 0 Å². The fraction of sp³-hybridized carbons (Fsp3) is 0.186. The van der Waals surface area contributed by atoms with Crippen LogP contribution in [-0.2, 0) is 16.2 Å². The van der Waals surface area contributed by atoms with Crippen LogP contribution in [0.4, 0.5) is 34.1 Å². The molecule has 2 aliphatic heterocycles. The molecule has 2 heterocycles. The van der Waals surface area contributed by atoms with Gasteiger partial charge in [0.1, 0.15) is 0 Å². The van der Waals surface area contributed by atoms with Crippen molar-refractivity contribution < 1.29 is 0 Å². The first kappa shape index (κ1) is 38.4. The van der Waals surface area contributed by atoms with Gasteiger partial charge in [0.25, 0.3) is 6.71 Å². The molecular weight excluding hydrogens is 747 g/mol. The second-order valence-corrected chi connectivity index (χ2v) is 20.3. The third kappa shape index (κ3) is 5.92. The van der Waals surface area contributed by atoms with Crippen LogP contribution in [0.3, 0.4) is 0 Å². The summed E-state index contributed by atoms with van der Waals surface area (Å²) >= 11 is 0. The molecule has 8 aromatic carbocycles. The summed E-state index contributed by atoms with van der Waals surface area (Å²) in [7, 11) is 0. The number of rotatable bonds is 4. The van der Waals surface area contributed by atoms with Crippen molar-refractivity contribution in [2.45, 2.75) is 71.6 Å². The van der Waals surface area contributed by atoms with Crippen LogP contribution in [0.15, 0.2) is 176 Å². The number of fused-ring (bicyclic) bond motifs is 7. The molecule has 3 heteroatoms. The molecule has 11 rings (SSSR count). The maximum atomic E-state index is 2.60. The molecule has 0 fully saturated rings. The van der Waals surface area contributed by atoms with Crippen molar-refractivity contribution in [2.75, 3.05) is 9.80 Å². The molecule has 0 aromatic heterocycles. The van der Waals surface area contributed by atoms with E-state index in [9.17, 15) is 0 Å². The lowest BCUT2D eigenvalue weighted by Crippen LogP contribution is -2.61. The van der Waals surface area contributed by atoms with E-state index in [4.69, 9.17) is 0 Å². The summed E-state index contributed by atoms with van der Waals surface area (Å²) in [5, 5.41) is 0. The largest absolute Gasteiger partial charge is 0.311 e. The molecule has 0 bridgehead atoms. The Hall–Kier alpha value is -6.58. The zero-order valence-electron chi connectivity index (χ0n) is 37.2. The number of benzene rings is 8. The molecule has 1 aliphatic carbocycles. The highest BCUT2D eigenvalue weighted by Crippen LogP contribution is 2.52. The fourth-order valence-electron chi connectivity index (χ4n) is 10.5. The molecule has 0 spiro atoms. The predicted molar refractivity (Wildman–Crippen MR) is 266 cm³/mol. The van der Waals surface area contributed by atoms with Gasteiger partial charge in [0.2, 0.25) is 0 Å². The van der Waals surface area contributed by atoms with E-state index in [2.05, 4.69) is 241 Å². The van der Waals surface area contributed by atoms with Gasteiger partial charge in [-0.25, -0.2) is 0 Å². The van der Waals surface area contributed by atoms with E-state index in [0.717, 1.165) is 5.69 Å². The normalized spacial score (nSPS) is 14.5. The molecule has 3 aliphatic rings. The average molecular weight is 801 g/mol. The number of nitrogens with zero attached hydrogens (tertiary/aromatic N) is 2. The monoisotopic (exact) mass is 800 g/mol. The highest BCUT2D eigenvalue weighted by molar-refractivity contribution is 7.00. The summed E-state index contributed by atoms with van der Waals surface area (Å²) in [5.41, 5.74) is 24.1. The first-order valence-corrected chi connectivity index (χ1v) is 22.3. The SMILES string of the molecule is CC(C)(C)c1ccc2c(c1)N(c1ccc(-c3ccccc3)cc1)c1cc(C(C)(C)C)cc3c1B2c1cc(-c2ccccc2)ccc1N3c1ccc2c(c1)C(C)(C)c1ccccc1-2. The van der Waals surface area contributed by atoms with E-state index in [0.29, 0.717) is 0 Å². The first-order valence-electron chi connectivity index (χ1n) is 22.3. The fourth-order valence-corrected chi connectivity index (χ4v) is 10.5. The second-order valence-electron chi connectivity index (χ2n) is 20.3. The van der Waals surface area contributed by atoms with Gasteiger partial charge in [0.15, 0.2) is 0 Å². The Labute approximate surface area is 368 Å². The Morgan fingerprint density at radius 2 is 0.919 bits per heavy atom. The molecular formula is C59H53BN2. The minimum atomic E-state index is -0.126. The molecule has 0 unspecified atom stereocenters. The Balaban J connectivity index is 1.21. The Bertz CT molecular complexity index is 3060. The van der Waals surface area contributed by atoms with E-state index in [1.807, 2.05) is 0 Å². The molecule has 2 nitrogen and oxygen atoms in total. The summed E-state index contributed by atoms with van der Waals surface area (Å²) in [6.45, 7) is 18.9. The van der Waals surface area contributed by atoms with E-state index in [-0.39, 0.29) is 23.0 Å². The Morgan fingerprint density at radius 3 is 1.58 bits per heavy atom. The molecule has 0 saturated carbocycles. The third-order valence-corrected chi connectivity index (χ3v) is 14.0. The van der Waals surface area contributed by atoms with Crippen LogP contribution in [-0.4, -0.2) is 6.71 Å². The lowest BCUT2D eigenvalue weighted by Gasteiger charge is -2.45. The molecule has 62 heavy (non-hydrogen) atoms. The summed E-state index contributed by atoms with van der Waals surface area (Å²) in [4.78, 5) is 5.18. The summed E-state index contributed by atoms with van der Waals surface area (Å²) in [6.07, 6.45) is 0. The molecule has 0 saturated heterocycles. The maximum absolute atomic E-state index is 2.60. The van der Waals surface area contributed by atoms with Crippen molar-refractivity contribution in [2.24, 2.45) is 0 Å². The summed E-state index contributed by atoms with van der Waals surface area (Å²) in [6, 6.07) is 66.6. The van der Waals surface area contributed by atoms with Crippen LogP contribution < -0.4 is 26.2 Å². The first-order chi connectivity index (χ1) is 29.8.